The molecule has 0 spiro atoms. The molecule has 0 unspecified atom stereocenters. The van der Waals surface area contributed by atoms with E-state index in [1.54, 1.807) is 12.1 Å². The molecule has 1 aromatic carbocycles. The minimum Gasteiger partial charge on any atom is -0.459 e. The lowest BCUT2D eigenvalue weighted by molar-refractivity contribution is -0.125. The van der Waals surface area contributed by atoms with Crippen molar-refractivity contribution in [2.24, 2.45) is 5.92 Å². The molecule has 3 aromatic rings. The van der Waals surface area contributed by atoms with Crippen LogP contribution in [-0.2, 0) is 11.2 Å². The first kappa shape index (κ1) is 22.5. The van der Waals surface area contributed by atoms with E-state index in [1.807, 2.05) is 19.0 Å². The second-order valence-electron chi connectivity index (χ2n) is 8.48. The van der Waals surface area contributed by atoms with Crippen molar-refractivity contribution < 1.29 is 13.6 Å². The first-order chi connectivity index (χ1) is 16.0. The van der Waals surface area contributed by atoms with Gasteiger partial charge in [0.05, 0.1) is 6.26 Å². The van der Waals surface area contributed by atoms with Crippen molar-refractivity contribution >= 4 is 17.5 Å². The molecule has 8 heteroatoms. The number of carbonyl (C=O) groups is 1. The number of aryl methyl sites for hydroxylation is 1. The van der Waals surface area contributed by atoms with E-state index >= 15 is 0 Å². The lowest BCUT2D eigenvalue weighted by Crippen LogP contribution is -2.41. The van der Waals surface area contributed by atoms with Crippen molar-refractivity contribution in [3.63, 3.8) is 0 Å². The molecule has 0 saturated carbocycles. The number of nitriles is 1. The van der Waals surface area contributed by atoms with Gasteiger partial charge in [-0.25, -0.2) is 0 Å². The second-order valence-corrected chi connectivity index (χ2v) is 8.48. The second kappa shape index (κ2) is 10.3. The third kappa shape index (κ3) is 5.37. The summed E-state index contributed by atoms with van der Waals surface area (Å²) in [6.07, 6.45) is 4.80. The zero-order chi connectivity index (χ0) is 23.2. The lowest BCUT2D eigenvalue weighted by atomic mass is 9.96. The third-order valence-corrected chi connectivity index (χ3v) is 5.99. The number of amides is 1. The number of anilines is 2. The minimum absolute atomic E-state index is 0.0290. The Morgan fingerprint density at radius 3 is 2.64 bits per heavy atom. The normalized spacial score (nSPS) is 14.2. The molecule has 3 heterocycles. The van der Waals surface area contributed by atoms with E-state index in [9.17, 15) is 10.1 Å². The van der Waals surface area contributed by atoms with Gasteiger partial charge in [-0.2, -0.15) is 10.2 Å². The molecule has 1 aliphatic rings. The van der Waals surface area contributed by atoms with Gasteiger partial charge < -0.3 is 24.0 Å². The average Bonchev–Trinajstić information content (AvgIpc) is 3.52. The molecule has 4 rings (SSSR count). The summed E-state index contributed by atoms with van der Waals surface area (Å²) in [7, 11) is 4.06. The van der Waals surface area contributed by atoms with E-state index in [2.05, 4.69) is 45.5 Å². The fourth-order valence-corrected chi connectivity index (χ4v) is 4.06. The molecule has 0 bridgehead atoms. The van der Waals surface area contributed by atoms with Crippen LogP contribution in [0.1, 0.15) is 30.5 Å². The van der Waals surface area contributed by atoms with Gasteiger partial charge >= 0.3 is 0 Å². The Morgan fingerprint density at radius 1 is 1.24 bits per heavy atom. The molecule has 33 heavy (non-hydrogen) atoms. The van der Waals surface area contributed by atoms with Crippen LogP contribution in [0, 0.1) is 17.2 Å². The zero-order valence-corrected chi connectivity index (χ0v) is 19.1. The highest BCUT2D eigenvalue weighted by molar-refractivity contribution is 5.79. The van der Waals surface area contributed by atoms with Crippen LogP contribution in [0.5, 0.6) is 0 Å². The lowest BCUT2D eigenvalue weighted by Gasteiger charge is -2.30. The van der Waals surface area contributed by atoms with Crippen molar-refractivity contribution in [2.45, 2.75) is 25.7 Å². The van der Waals surface area contributed by atoms with Gasteiger partial charge in [0, 0.05) is 45.3 Å². The Labute approximate surface area is 193 Å². The van der Waals surface area contributed by atoms with Gasteiger partial charge in [0.2, 0.25) is 17.5 Å². The number of benzene rings is 1. The quantitative estimate of drug-likeness (QED) is 0.524. The van der Waals surface area contributed by atoms with Crippen LogP contribution in [0.2, 0.25) is 0 Å². The highest BCUT2D eigenvalue weighted by Gasteiger charge is 2.29. The van der Waals surface area contributed by atoms with E-state index in [0.717, 1.165) is 12.8 Å². The van der Waals surface area contributed by atoms with Crippen LogP contribution in [0.15, 0.2) is 51.5 Å². The number of oxazole rings is 1. The van der Waals surface area contributed by atoms with Crippen molar-refractivity contribution in [3.8, 4) is 17.7 Å². The van der Waals surface area contributed by atoms with Crippen molar-refractivity contribution in [3.05, 3.63) is 53.9 Å². The standard InChI is InChI=1S/C25H29N5O3/c1-29(2)20-9-7-18(8-10-20)5-3-13-27-23(31)19-11-14-30(15-12-19)25-21(17-26)28-24(33-25)22-6-4-16-32-22/h4,6-10,16,19H,3,5,11-15H2,1-2H3,(H,27,31). The summed E-state index contributed by atoms with van der Waals surface area (Å²) in [5.74, 6) is 1.30. The number of nitrogens with zero attached hydrogens (tertiary/aromatic N) is 4. The summed E-state index contributed by atoms with van der Waals surface area (Å²) in [6, 6.07) is 14.1. The Kier molecular flexibility index (Phi) is 6.98. The Hall–Kier alpha value is -3.73. The van der Waals surface area contributed by atoms with Crippen molar-refractivity contribution in [1.29, 1.82) is 5.26 Å². The maximum atomic E-state index is 12.6. The molecule has 1 fully saturated rings. The van der Waals surface area contributed by atoms with Gasteiger partial charge in [0.15, 0.2) is 5.76 Å². The summed E-state index contributed by atoms with van der Waals surface area (Å²) >= 11 is 0. The summed E-state index contributed by atoms with van der Waals surface area (Å²) in [6.45, 7) is 1.94. The molecule has 1 N–H and O–H groups in total. The molecular formula is C25H29N5O3. The Morgan fingerprint density at radius 2 is 2.00 bits per heavy atom. The monoisotopic (exact) mass is 447 g/mol. The molecule has 2 aromatic heterocycles. The Balaban J connectivity index is 1.23. The van der Waals surface area contributed by atoms with Gasteiger partial charge in [-0.15, -0.1) is 0 Å². The Bertz CT molecular complexity index is 1090. The van der Waals surface area contributed by atoms with E-state index in [0.29, 0.717) is 50.0 Å². The highest BCUT2D eigenvalue weighted by Crippen LogP contribution is 2.31. The fraction of sp³-hybridized carbons (Fsp3) is 0.400. The molecule has 172 valence electrons. The van der Waals surface area contributed by atoms with Gasteiger partial charge in [-0.3, -0.25) is 4.79 Å². The van der Waals surface area contributed by atoms with Gasteiger partial charge in [-0.1, -0.05) is 12.1 Å². The van der Waals surface area contributed by atoms with Crippen molar-refractivity contribution in [1.82, 2.24) is 10.3 Å². The average molecular weight is 448 g/mol. The van der Waals surface area contributed by atoms with Gasteiger partial charge in [0.1, 0.15) is 6.07 Å². The number of aromatic nitrogens is 1. The molecule has 8 nitrogen and oxygen atoms in total. The number of hydrogen-bond acceptors (Lipinski definition) is 7. The fourth-order valence-electron chi connectivity index (χ4n) is 4.06. The van der Waals surface area contributed by atoms with Crippen LogP contribution in [-0.4, -0.2) is 44.6 Å². The molecule has 0 radical (unpaired) electrons. The smallest absolute Gasteiger partial charge is 0.266 e. The minimum atomic E-state index is -0.0290. The van der Waals surface area contributed by atoms with Gasteiger partial charge in [0.25, 0.3) is 5.89 Å². The van der Waals surface area contributed by atoms with E-state index in [-0.39, 0.29) is 17.5 Å². The van der Waals surface area contributed by atoms with Crippen LogP contribution < -0.4 is 15.1 Å². The molecule has 0 aliphatic carbocycles. The molecule has 1 saturated heterocycles. The number of piperidine rings is 1. The molecule has 0 atom stereocenters. The number of rotatable bonds is 8. The summed E-state index contributed by atoms with van der Waals surface area (Å²) in [5, 5.41) is 12.5. The first-order valence-corrected chi connectivity index (χ1v) is 11.3. The van der Waals surface area contributed by atoms with E-state index in [1.165, 1.54) is 17.5 Å². The topological polar surface area (TPSA) is 98.5 Å². The number of furan rings is 1. The molecule has 1 aliphatic heterocycles. The van der Waals surface area contributed by atoms with Crippen molar-refractivity contribution in [2.75, 3.05) is 43.5 Å². The number of carbonyl (C=O) groups excluding carboxylic acids is 1. The number of hydrogen-bond donors (Lipinski definition) is 1. The predicted molar refractivity (Wildman–Crippen MR) is 126 cm³/mol. The van der Waals surface area contributed by atoms with Crippen LogP contribution >= 0.6 is 0 Å². The SMILES string of the molecule is CN(C)c1ccc(CCCNC(=O)C2CCN(c3oc(-c4ccco4)nc3C#N)CC2)cc1. The van der Waals surface area contributed by atoms with Crippen LogP contribution in [0.25, 0.3) is 11.7 Å². The van der Waals surface area contributed by atoms with E-state index < -0.39 is 0 Å². The maximum absolute atomic E-state index is 12.6. The summed E-state index contributed by atoms with van der Waals surface area (Å²) < 4.78 is 11.1. The largest absolute Gasteiger partial charge is 0.459 e. The maximum Gasteiger partial charge on any atom is 0.266 e. The third-order valence-electron chi connectivity index (χ3n) is 5.99. The van der Waals surface area contributed by atoms with Gasteiger partial charge in [-0.05, 0) is 55.5 Å². The molecule has 1 amide bonds. The number of nitrogens with one attached hydrogen (secondary N) is 1. The van der Waals surface area contributed by atoms with E-state index in [4.69, 9.17) is 8.83 Å². The highest BCUT2D eigenvalue weighted by atomic mass is 16.4. The predicted octanol–water partition coefficient (Wildman–Crippen LogP) is 3.84. The molecular weight excluding hydrogens is 418 g/mol. The van der Waals surface area contributed by atoms with Crippen LogP contribution in [0.4, 0.5) is 11.6 Å². The van der Waals surface area contributed by atoms with Crippen LogP contribution in [0.3, 0.4) is 0 Å². The zero-order valence-electron chi connectivity index (χ0n) is 19.1. The summed E-state index contributed by atoms with van der Waals surface area (Å²) in [5.41, 5.74) is 2.70. The summed E-state index contributed by atoms with van der Waals surface area (Å²) in [4.78, 5) is 20.9. The first-order valence-electron chi connectivity index (χ1n) is 11.3.